The topological polar surface area (TPSA) is 85.2 Å². The number of pyridine rings is 1. The van der Waals surface area contributed by atoms with Gasteiger partial charge in [0.25, 0.3) is 0 Å². The maximum absolute atomic E-state index is 13.5. The van der Waals surface area contributed by atoms with Crippen LogP contribution >= 0.6 is 0 Å². The van der Waals surface area contributed by atoms with Crippen molar-refractivity contribution in [3.05, 3.63) is 83.9 Å². The molecule has 3 aromatic rings. The van der Waals surface area contributed by atoms with E-state index in [1.807, 2.05) is 0 Å². The fraction of sp³-hybridized carbons (Fsp3) is 0.273. The molecule has 1 aliphatic rings. The molecule has 4 rings (SSSR count). The first-order chi connectivity index (χ1) is 14.4. The standard InChI is InChI=1S/C22H19F2N3O3/c23-16-4-2-15(3-5-16)21(19(28)29)8-10-22(11-9-21,18-7-6-17(24)14-27-18)30-20-25-12-1-13-26-20/h1-7,12-14H,8-11H2,(H,28,29). The first kappa shape index (κ1) is 19.9. The van der Waals surface area contributed by atoms with Gasteiger partial charge >= 0.3 is 12.0 Å². The lowest BCUT2D eigenvalue weighted by atomic mass is 9.64. The third kappa shape index (κ3) is 3.60. The van der Waals surface area contributed by atoms with E-state index in [9.17, 15) is 18.7 Å². The molecule has 8 heteroatoms. The van der Waals surface area contributed by atoms with Crippen LogP contribution in [0.15, 0.2) is 61.1 Å². The summed E-state index contributed by atoms with van der Waals surface area (Å²) in [5, 5.41) is 10.1. The number of halogens is 2. The summed E-state index contributed by atoms with van der Waals surface area (Å²) in [6.45, 7) is 0. The van der Waals surface area contributed by atoms with Crippen molar-refractivity contribution < 1.29 is 23.4 Å². The minimum Gasteiger partial charge on any atom is -0.481 e. The SMILES string of the molecule is O=C(O)C1(c2ccc(F)cc2)CCC(Oc2ncccn2)(c2ccc(F)cn2)CC1. The van der Waals surface area contributed by atoms with Crippen LogP contribution in [-0.4, -0.2) is 26.0 Å². The summed E-state index contributed by atoms with van der Waals surface area (Å²) in [6, 6.07) is 10.1. The monoisotopic (exact) mass is 411 g/mol. The minimum atomic E-state index is -1.18. The number of aromatic nitrogens is 3. The molecule has 30 heavy (non-hydrogen) atoms. The third-order valence-electron chi connectivity index (χ3n) is 5.74. The van der Waals surface area contributed by atoms with Crippen LogP contribution in [-0.2, 0) is 15.8 Å². The Morgan fingerprint density at radius 2 is 1.53 bits per heavy atom. The zero-order chi connectivity index (χ0) is 21.2. The molecule has 0 atom stereocenters. The maximum atomic E-state index is 13.5. The zero-order valence-electron chi connectivity index (χ0n) is 16.0. The quantitative estimate of drug-likeness (QED) is 0.683. The third-order valence-corrected chi connectivity index (χ3v) is 5.74. The predicted molar refractivity (Wildman–Crippen MR) is 103 cm³/mol. The van der Waals surface area contributed by atoms with Gasteiger partial charge in [-0.2, -0.15) is 0 Å². The summed E-state index contributed by atoms with van der Waals surface area (Å²) in [7, 11) is 0. The van der Waals surface area contributed by atoms with Crippen molar-refractivity contribution in [2.75, 3.05) is 0 Å². The van der Waals surface area contributed by atoms with Gasteiger partial charge in [-0.25, -0.2) is 18.7 Å². The number of hydrogen-bond donors (Lipinski definition) is 1. The van der Waals surface area contributed by atoms with Crippen LogP contribution in [0.25, 0.3) is 0 Å². The van der Waals surface area contributed by atoms with Crippen LogP contribution in [0.1, 0.15) is 36.9 Å². The summed E-state index contributed by atoms with van der Waals surface area (Å²) >= 11 is 0. The van der Waals surface area contributed by atoms with E-state index in [-0.39, 0.29) is 31.7 Å². The second-order valence-electron chi connectivity index (χ2n) is 7.38. The van der Waals surface area contributed by atoms with E-state index in [1.54, 1.807) is 6.07 Å². The van der Waals surface area contributed by atoms with Crippen molar-refractivity contribution in [1.29, 1.82) is 0 Å². The molecule has 1 saturated carbocycles. The van der Waals surface area contributed by atoms with E-state index in [1.165, 1.54) is 48.8 Å². The average molecular weight is 411 g/mol. The van der Waals surface area contributed by atoms with Crippen molar-refractivity contribution in [3.63, 3.8) is 0 Å². The fourth-order valence-electron chi connectivity index (χ4n) is 4.04. The van der Waals surface area contributed by atoms with E-state index in [0.717, 1.165) is 6.20 Å². The van der Waals surface area contributed by atoms with E-state index >= 15 is 0 Å². The Hall–Kier alpha value is -3.42. The molecule has 1 aliphatic carbocycles. The lowest BCUT2D eigenvalue weighted by Crippen LogP contribution is -2.47. The highest BCUT2D eigenvalue weighted by atomic mass is 19.1. The first-order valence-electron chi connectivity index (χ1n) is 9.51. The molecule has 0 aliphatic heterocycles. The van der Waals surface area contributed by atoms with Crippen LogP contribution in [0, 0.1) is 11.6 Å². The highest BCUT2D eigenvalue weighted by Crippen LogP contribution is 2.48. The molecule has 1 aromatic carbocycles. The Bertz CT molecular complexity index is 1020. The Morgan fingerprint density at radius 3 is 2.10 bits per heavy atom. The summed E-state index contributed by atoms with van der Waals surface area (Å²) in [5.41, 5.74) is -1.17. The Balaban J connectivity index is 1.70. The molecule has 1 fully saturated rings. The Kier molecular flexibility index (Phi) is 5.15. The molecule has 1 N–H and O–H groups in total. The van der Waals surface area contributed by atoms with Crippen molar-refractivity contribution >= 4 is 5.97 Å². The molecule has 0 unspecified atom stereocenters. The molecule has 154 valence electrons. The molecule has 6 nitrogen and oxygen atoms in total. The van der Waals surface area contributed by atoms with Gasteiger partial charge in [0.05, 0.1) is 17.3 Å². The fourth-order valence-corrected chi connectivity index (χ4v) is 4.04. The van der Waals surface area contributed by atoms with Gasteiger partial charge in [-0.1, -0.05) is 12.1 Å². The van der Waals surface area contributed by atoms with Crippen molar-refractivity contribution in [2.45, 2.75) is 36.7 Å². The first-order valence-corrected chi connectivity index (χ1v) is 9.51. The van der Waals surface area contributed by atoms with Gasteiger partial charge in [0.15, 0.2) is 5.60 Å². The van der Waals surface area contributed by atoms with Gasteiger partial charge in [-0.05, 0) is 61.6 Å². The number of carboxylic acids is 1. The van der Waals surface area contributed by atoms with Gasteiger partial charge in [0.2, 0.25) is 0 Å². The number of aliphatic carboxylic acids is 1. The van der Waals surface area contributed by atoms with E-state index in [2.05, 4.69) is 15.0 Å². The van der Waals surface area contributed by atoms with Crippen LogP contribution in [0.5, 0.6) is 6.01 Å². The smallest absolute Gasteiger partial charge is 0.317 e. The molecule has 0 saturated heterocycles. The molecule has 0 amide bonds. The second-order valence-corrected chi connectivity index (χ2v) is 7.38. The number of benzene rings is 1. The molecule has 2 aromatic heterocycles. The highest BCUT2D eigenvalue weighted by Gasteiger charge is 2.51. The van der Waals surface area contributed by atoms with Crippen molar-refractivity contribution in [1.82, 2.24) is 15.0 Å². The van der Waals surface area contributed by atoms with E-state index in [4.69, 9.17) is 4.74 Å². The Morgan fingerprint density at radius 1 is 0.900 bits per heavy atom. The zero-order valence-corrected chi connectivity index (χ0v) is 16.0. The van der Waals surface area contributed by atoms with Crippen LogP contribution in [0.4, 0.5) is 8.78 Å². The number of ether oxygens (including phenoxy) is 1. The van der Waals surface area contributed by atoms with Crippen LogP contribution in [0.2, 0.25) is 0 Å². The van der Waals surface area contributed by atoms with E-state index in [0.29, 0.717) is 11.3 Å². The minimum absolute atomic E-state index is 0.133. The number of hydrogen-bond acceptors (Lipinski definition) is 5. The van der Waals surface area contributed by atoms with Gasteiger partial charge in [-0.15, -0.1) is 0 Å². The van der Waals surface area contributed by atoms with Gasteiger partial charge in [-0.3, -0.25) is 9.78 Å². The predicted octanol–water partition coefficient (Wildman–Crippen LogP) is 4.02. The molecule has 0 spiro atoms. The van der Waals surface area contributed by atoms with Crippen molar-refractivity contribution in [3.8, 4) is 6.01 Å². The van der Waals surface area contributed by atoms with Gasteiger partial charge < -0.3 is 9.84 Å². The maximum Gasteiger partial charge on any atom is 0.317 e. The van der Waals surface area contributed by atoms with Crippen LogP contribution in [0.3, 0.4) is 0 Å². The lowest BCUT2D eigenvalue weighted by Gasteiger charge is -2.43. The second kappa shape index (κ2) is 7.78. The molecular formula is C22H19F2N3O3. The summed E-state index contributed by atoms with van der Waals surface area (Å²) in [6.07, 6.45) is 5.19. The summed E-state index contributed by atoms with van der Waals surface area (Å²) < 4.78 is 33.0. The number of carbonyl (C=O) groups is 1. The van der Waals surface area contributed by atoms with Crippen molar-refractivity contribution in [2.24, 2.45) is 0 Å². The number of rotatable bonds is 5. The van der Waals surface area contributed by atoms with Gasteiger partial charge in [0.1, 0.15) is 11.6 Å². The Labute approximate surface area is 171 Å². The van der Waals surface area contributed by atoms with E-state index < -0.39 is 28.6 Å². The number of carboxylic acid groups (broad SMARTS) is 1. The number of nitrogens with zero attached hydrogens (tertiary/aromatic N) is 3. The summed E-state index contributed by atoms with van der Waals surface area (Å²) in [5.74, 6) is -1.89. The summed E-state index contributed by atoms with van der Waals surface area (Å²) in [4.78, 5) is 24.7. The molecule has 0 radical (unpaired) electrons. The highest BCUT2D eigenvalue weighted by molar-refractivity contribution is 5.81. The van der Waals surface area contributed by atoms with Crippen LogP contribution < -0.4 is 4.74 Å². The van der Waals surface area contributed by atoms with Gasteiger partial charge in [0, 0.05) is 12.4 Å². The molecule has 0 bridgehead atoms. The lowest BCUT2D eigenvalue weighted by molar-refractivity contribution is -0.147. The molecular weight excluding hydrogens is 392 g/mol. The average Bonchev–Trinajstić information content (AvgIpc) is 2.76. The normalized spacial score (nSPS) is 23.7. The molecule has 2 heterocycles. The largest absolute Gasteiger partial charge is 0.481 e.